The van der Waals surface area contributed by atoms with E-state index in [1.165, 1.54) is 29.5 Å². The molecule has 124 valence electrons. The van der Waals surface area contributed by atoms with Crippen molar-refractivity contribution in [3.8, 4) is 0 Å². The molecule has 1 saturated heterocycles. The molecule has 0 aliphatic carbocycles. The quantitative estimate of drug-likeness (QED) is 0.548. The van der Waals surface area contributed by atoms with Gasteiger partial charge in [0.2, 0.25) is 11.0 Å². The smallest absolute Gasteiger partial charge is 0.233 e. The largest absolute Gasteiger partial charge is 0.382 e. The first kappa shape index (κ1) is 17.5. The van der Waals surface area contributed by atoms with Crippen molar-refractivity contribution in [3.05, 3.63) is 0 Å². The first-order valence-electron chi connectivity index (χ1n) is 7.85. The summed E-state index contributed by atoms with van der Waals surface area (Å²) in [7, 11) is 0. The monoisotopic (exact) mass is 344 g/mol. The Kier molecular flexibility index (Phi) is 7.96. The molecular formula is C14H24N4O2S2. The van der Waals surface area contributed by atoms with Crippen molar-refractivity contribution in [3.63, 3.8) is 0 Å². The highest BCUT2D eigenvalue weighted by molar-refractivity contribution is 8.01. The molecule has 0 aromatic carbocycles. The highest BCUT2D eigenvalue weighted by Crippen LogP contribution is 2.26. The van der Waals surface area contributed by atoms with Crippen LogP contribution in [0.2, 0.25) is 0 Å². The zero-order chi connectivity index (χ0) is 15.6. The van der Waals surface area contributed by atoms with E-state index < -0.39 is 0 Å². The lowest BCUT2D eigenvalue weighted by atomic mass is 10.1. The molecule has 22 heavy (non-hydrogen) atoms. The number of hydrogen-bond donors (Lipinski definition) is 1. The molecule has 1 N–H and O–H groups in total. The van der Waals surface area contributed by atoms with Gasteiger partial charge in [-0.05, 0) is 32.6 Å². The molecule has 0 spiro atoms. The molecule has 0 unspecified atom stereocenters. The third kappa shape index (κ3) is 6.10. The topological polar surface area (TPSA) is 67.3 Å². The van der Waals surface area contributed by atoms with E-state index in [-0.39, 0.29) is 5.91 Å². The van der Waals surface area contributed by atoms with Gasteiger partial charge in [-0.1, -0.05) is 23.1 Å². The van der Waals surface area contributed by atoms with E-state index >= 15 is 0 Å². The fraction of sp³-hybridized carbons (Fsp3) is 0.786. The fourth-order valence-electron chi connectivity index (χ4n) is 2.21. The number of nitrogens with zero attached hydrogens (tertiary/aromatic N) is 3. The summed E-state index contributed by atoms with van der Waals surface area (Å²) in [4.78, 5) is 14.0. The van der Waals surface area contributed by atoms with E-state index in [1.807, 2.05) is 11.8 Å². The van der Waals surface area contributed by atoms with E-state index in [0.717, 1.165) is 61.6 Å². The molecule has 1 aromatic heterocycles. The summed E-state index contributed by atoms with van der Waals surface area (Å²) >= 11 is 2.98. The molecular weight excluding hydrogens is 320 g/mol. The summed E-state index contributed by atoms with van der Waals surface area (Å²) in [6, 6.07) is 0. The van der Waals surface area contributed by atoms with Gasteiger partial charge in [0.1, 0.15) is 0 Å². The molecule has 1 fully saturated rings. The van der Waals surface area contributed by atoms with E-state index in [4.69, 9.17) is 4.74 Å². The Hall–Kier alpha value is -0.860. The average molecular weight is 345 g/mol. The maximum absolute atomic E-state index is 12.1. The second kappa shape index (κ2) is 10.0. The molecule has 2 heterocycles. The first-order valence-corrected chi connectivity index (χ1v) is 9.65. The lowest BCUT2D eigenvalue weighted by Crippen LogP contribution is -2.36. The minimum atomic E-state index is 0.214. The maximum atomic E-state index is 12.1. The van der Waals surface area contributed by atoms with Gasteiger partial charge in [-0.15, -0.1) is 10.2 Å². The van der Waals surface area contributed by atoms with Crippen LogP contribution in [0.3, 0.4) is 0 Å². The molecule has 0 radical (unpaired) electrons. The van der Waals surface area contributed by atoms with E-state index in [2.05, 4.69) is 15.5 Å². The Bertz CT molecular complexity index is 450. The number of carbonyl (C=O) groups is 1. The molecule has 2 rings (SSSR count). The van der Waals surface area contributed by atoms with Gasteiger partial charge >= 0.3 is 0 Å². The molecule has 8 heteroatoms. The number of nitrogens with one attached hydrogen (secondary N) is 1. The van der Waals surface area contributed by atoms with Crippen molar-refractivity contribution in [1.82, 2.24) is 15.1 Å². The van der Waals surface area contributed by atoms with E-state index in [0.29, 0.717) is 5.75 Å². The van der Waals surface area contributed by atoms with Crippen LogP contribution in [0.15, 0.2) is 4.34 Å². The number of hydrogen-bond acceptors (Lipinski definition) is 7. The minimum Gasteiger partial charge on any atom is -0.382 e. The van der Waals surface area contributed by atoms with E-state index in [1.54, 1.807) is 0 Å². The van der Waals surface area contributed by atoms with Gasteiger partial charge in [-0.2, -0.15) is 0 Å². The molecule has 0 atom stereocenters. The Morgan fingerprint density at radius 2 is 2.18 bits per heavy atom. The van der Waals surface area contributed by atoms with Crippen LogP contribution >= 0.6 is 23.1 Å². The normalized spacial score (nSPS) is 15.0. The molecule has 0 saturated carbocycles. The van der Waals surface area contributed by atoms with Crippen LogP contribution in [0, 0.1) is 0 Å². The predicted molar refractivity (Wildman–Crippen MR) is 90.7 cm³/mol. The second-order valence-corrected chi connectivity index (χ2v) is 7.28. The van der Waals surface area contributed by atoms with Gasteiger partial charge in [0.05, 0.1) is 5.75 Å². The van der Waals surface area contributed by atoms with Gasteiger partial charge in [0.15, 0.2) is 4.34 Å². The number of carbonyl (C=O) groups excluding carboxylic acids is 1. The fourth-order valence-corrected chi connectivity index (χ4v) is 3.89. The number of rotatable bonds is 9. The molecule has 1 amide bonds. The highest BCUT2D eigenvalue weighted by atomic mass is 32.2. The van der Waals surface area contributed by atoms with Crippen molar-refractivity contribution < 1.29 is 9.53 Å². The van der Waals surface area contributed by atoms with Crippen LogP contribution < -0.4 is 5.32 Å². The number of anilines is 1. The van der Waals surface area contributed by atoms with Gasteiger partial charge in [-0.3, -0.25) is 4.79 Å². The van der Waals surface area contributed by atoms with Crippen LogP contribution in [-0.4, -0.2) is 59.6 Å². The number of amides is 1. The van der Waals surface area contributed by atoms with Crippen LogP contribution in [0.4, 0.5) is 5.13 Å². The third-order valence-corrected chi connectivity index (χ3v) is 5.38. The van der Waals surface area contributed by atoms with Crippen molar-refractivity contribution in [2.75, 3.05) is 43.9 Å². The lowest BCUT2D eigenvalue weighted by Gasteiger charge is -2.26. The van der Waals surface area contributed by atoms with Crippen LogP contribution in [0.25, 0.3) is 0 Å². The molecule has 6 nitrogen and oxygen atoms in total. The maximum Gasteiger partial charge on any atom is 0.233 e. The third-order valence-electron chi connectivity index (χ3n) is 3.38. The SMILES string of the molecule is CCOCCCNc1nnc(SCC(=O)N2CCCCC2)s1. The Morgan fingerprint density at radius 1 is 1.36 bits per heavy atom. The summed E-state index contributed by atoms with van der Waals surface area (Å²) in [5.74, 6) is 0.671. The Morgan fingerprint density at radius 3 is 2.95 bits per heavy atom. The molecule has 1 aromatic rings. The molecule has 1 aliphatic heterocycles. The number of thioether (sulfide) groups is 1. The number of ether oxygens (including phenoxy) is 1. The summed E-state index contributed by atoms with van der Waals surface area (Å²) in [5, 5.41) is 12.3. The standard InChI is InChI=1S/C14H24N4O2S2/c1-2-20-10-6-7-15-13-16-17-14(22-13)21-11-12(19)18-8-4-3-5-9-18/h2-11H2,1H3,(H,15,16). The number of piperidine rings is 1. The Labute approximate surface area is 140 Å². The van der Waals surface area contributed by atoms with Crippen LogP contribution in [-0.2, 0) is 9.53 Å². The number of aromatic nitrogens is 2. The van der Waals surface area contributed by atoms with Crippen molar-refractivity contribution in [1.29, 1.82) is 0 Å². The predicted octanol–water partition coefficient (Wildman–Crippen LogP) is 2.48. The van der Waals surface area contributed by atoms with Crippen LogP contribution in [0.1, 0.15) is 32.6 Å². The van der Waals surface area contributed by atoms with Gasteiger partial charge in [0.25, 0.3) is 0 Å². The summed E-state index contributed by atoms with van der Waals surface area (Å²) < 4.78 is 6.13. The second-order valence-electron chi connectivity index (χ2n) is 5.08. The van der Waals surface area contributed by atoms with E-state index in [9.17, 15) is 4.79 Å². The minimum absolute atomic E-state index is 0.214. The summed E-state index contributed by atoms with van der Waals surface area (Å²) in [5.41, 5.74) is 0. The van der Waals surface area contributed by atoms with Crippen molar-refractivity contribution in [2.45, 2.75) is 36.9 Å². The summed E-state index contributed by atoms with van der Waals surface area (Å²) in [6.45, 7) is 6.14. The average Bonchev–Trinajstić information content (AvgIpc) is 3.01. The first-order chi connectivity index (χ1) is 10.8. The highest BCUT2D eigenvalue weighted by Gasteiger charge is 2.17. The number of likely N-dealkylation sites (tertiary alicyclic amines) is 1. The van der Waals surface area contributed by atoms with Gasteiger partial charge < -0.3 is 15.0 Å². The Balaban J connectivity index is 1.64. The summed E-state index contributed by atoms with van der Waals surface area (Å²) in [6.07, 6.45) is 4.45. The van der Waals surface area contributed by atoms with Crippen molar-refractivity contribution in [2.24, 2.45) is 0 Å². The zero-order valence-electron chi connectivity index (χ0n) is 13.0. The van der Waals surface area contributed by atoms with Crippen LogP contribution in [0.5, 0.6) is 0 Å². The molecule has 0 bridgehead atoms. The van der Waals surface area contributed by atoms with Gasteiger partial charge in [-0.25, -0.2) is 0 Å². The molecule has 1 aliphatic rings. The van der Waals surface area contributed by atoms with Gasteiger partial charge in [0, 0.05) is 32.8 Å². The van der Waals surface area contributed by atoms with Crippen molar-refractivity contribution >= 4 is 34.1 Å². The lowest BCUT2D eigenvalue weighted by molar-refractivity contribution is -0.129. The zero-order valence-corrected chi connectivity index (χ0v) is 14.7.